The summed E-state index contributed by atoms with van der Waals surface area (Å²) in [5, 5.41) is 0. The largest absolute Gasteiger partial charge is 0.371 e. The molecule has 2 aliphatic rings. The zero-order valence-electron chi connectivity index (χ0n) is 24.0. The Morgan fingerprint density at radius 3 is 2.34 bits per heavy atom. The molecule has 5 nitrogen and oxygen atoms in total. The Labute approximate surface area is 228 Å². The number of carbonyl (C=O) groups is 2. The monoisotopic (exact) mass is 513 g/mol. The minimum atomic E-state index is -0.205. The first-order valence-corrected chi connectivity index (χ1v) is 14.0. The molecule has 0 radical (unpaired) electrons. The van der Waals surface area contributed by atoms with Crippen LogP contribution in [0.25, 0.3) is 11.1 Å². The van der Waals surface area contributed by atoms with Gasteiger partial charge in [-0.3, -0.25) is 14.6 Å². The molecule has 1 heterocycles. The predicted octanol–water partition coefficient (Wildman–Crippen LogP) is 6.94. The van der Waals surface area contributed by atoms with E-state index < -0.39 is 0 Å². The minimum absolute atomic E-state index is 0.103. The quantitative estimate of drug-likeness (QED) is 0.340. The van der Waals surface area contributed by atoms with Crippen LogP contribution in [0, 0.1) is 12.8 Å². The summed E-state index contributed by atoms with van der Waals surface area (Å²) in [6.45, 7) is 6.81. The molecule has 2 aromatic rings. The summed E-state index contributed by atoms with van der Waals surface area (Å²) in [5.74, 6) is 0.0121. The number of hydrogen-bond donors (Lipinski definition) is 0. The van der Waals surface area contributed by atoms with Crippen molar-refractivity contribution in [2.75, 3.05) is 26.0 Å². The predicted molar refractivity (Wildman–Crippen MR) is 157 cm³/mol. The van der Waals surface area contributed by atoms with Gasteiger partial charge in [0.15, 0.2) is 11.6 Å². The second-order valence-corrected chi connectivity index (χ2v) is 11.5. The Bertz CT molecular complexity index is 1230. The fourth-order valence-corrected chi connectivity index (χ4v) is 6.03. The maximum Gasteiger partial charge on any atom is 0.163 e. The lowest BCUT2D eigenvalue weighted by atomic mass is 9.84. The molecule has 4 rings (SSSR count). The molecule has 1 aromatic heterocycles. The van der Waals surface area contributed by atoms with Crippen LogP contribution in [0.4, 0.5) is 5.69 Å². The standard InChI is InChI=1S/C33H43N3O2/c1-22-16-23(2)29(33(38)17-22)14-15-32(37)30-18-26(25-12-13-27(34-20-25)21-35(4)5)19-31(24(30)3)36(6)28-10-8-7-9-11-28/h12-13,16-20,28-29H,7-11,14-15,21H2,1-6H3. The van der Waals surface area contributed by atoms with Gasteiger partial charge in [0.1, 0.15) is 0 Å². The van der Waals surface area contributed by atoms with Gasteiger partial charge in [0.25, 0.3) is 0 Å². The molecular formula is C33H43N3O2. The molecule has 0 aliphatic heterocycles. The lowest BCUT2D eigenvalue weighted by Gasteiger charge is -2.34. The van der Waals surface area contributed by atoms with E-state index in [1.807, 2.05) is 40.2 Å². The maximum absolute atomic E-state index is 13.7. The van der Waals surface area contributed by atoms with Crippen molar-refractivity contribution in [1.82, 2.24) is 9.88 Å². The van der Waals surface area contributed by atoms with Gasteiger partial charge < -0.3 is 9.80 Å². The first kappa shape index (κ1) is 28.0. The average Bonchev–Trinajstić information content (AvgIpc) is 2.88. The number of ketones is 2. The van der Waals surface area contributed by atoms with E-state index in [0.29, 0.717) is 18.9 Å². The Kier molecular flexibility index (Phi) is 8.99. The van der Waals surface area contributed by atoms with E-state index in [2.05, 4.69) is 53.0 Å². The second kappa shape index (κ2) is 12.2. The molecule has 1 saturated carbocycles. The summed E-state index contributed by atoms with van der Waals surface area (Å²) in [4.78, 5) is 35.5. The third kappa shape index (κ3) is 6.50. The van der Waals surface area contributed by atoms with Gasteiger partial charge in [-0.25, -0.2) is 0 Å². The van der Waals surface area contributed by atoms with Crippen molar-refractivity contribution in [1.29, 1.82) is 0 Å². The summed E-state index contributed by atoms with van der Waals surface area (Å²) in [6, 6.07) is 8.94. The normalized spacial score (nSPS) is 18.4. The fraction of sp³-hybridized carbons (Fsp3) is 0.485. The molecule has 0 amide bonds. The molecule has 38 heavy (non-hydrogen) atoms. The van der Waals surface area contributed by atoms with E-state index in [1.165, 1.54) is 32.1 Å². The molecular weight excluding hydrogens is 470 g/mol. The summed E-state index contributed by atoms with van der Waals surface area (Å²) >= 11 is 0. The van der Waals surface area contributed by atoms with Crippen LogP contribution in [0.15, 0.2) is 53.8 Å². The van der Waals surface area contributed by atoms with Crippen molar-refractivity contribution in [3.63, 3.8) is 0 Å². The van der Waals surface area contributed by atoms with Gasteiger partial charge in [0.05, 0.1) is 5.69 Å². The molecule has 1 unspecified atom stereocenters. The third-order valence-electron chi connectivity index (χ3n) is 8.20. The van der Waals surface area contributed by atoms with E-state index in [-0.39, 0.29) is 17.5 Å². The number of pyridine rings is 1. The molecule has 1 fully saturated rings. The summed E-state index contributed by atoms with van der Waals surface area (Å²) in [7, 11) is 6.26. The molecule has 1 atom stereocenters. The van der Waals surface area contributed by atoms with Gasteiger partial charge in [-0.05, 0) is 95.1 Å². The van der Waals surface area contributed by atoms with E-state index in [1.54, 1.807) is 6.08 Å². The van der Waals surface area contributed by atoms with Crippen molar-refractivity contribution in [3.8, 4) is 11.1 Å². The summed E-state index contributed by atoms with van der Waals surface area (Å²) in [6.07, 6.45) is 12.8. The van der Waals surface area contributed by atoms with Crippen LogP contribution in [-0.2, 0) is 11.3 Å². The summed E-state index contributed by atoms with van der Waals surface area (Å²) < 4.78 is 0. The molecule has 0 N–H and O–H groups in total. The van der Waals surface area contributed by atoms with Gasteiger partial charge in [-0.2, -0.15) is 0 Å². The van der Waals surface area contributed by atoms with E-state index in [4.69, 9.17) is 0 Å². The number of rotatable bonds is 9. The highest BCUT2D eigenvalue weighted by Crippen LogP contribution is 2.35. The van der Waals surface area contributed by atoms with E-state index in [9.17, 15) is 9.59 Å². The number of nitrogens with zero attached hydrogens (tertiary/aromatic N) is 3. The highest BCUT2D eigenvalue weighted by Gasteiger charge is 2.26. The lowest BCUT2D eigenvalue weighted by Crippen LogP contribution is -2.34. The topological polar surface area (TPSA) is 53.5 Å². The maximum atomic E-state index is 13.7. The smallest absolute Gasteiger partial charge is 0.163 e. The number of allylic oxidation sites excluding steroid dienone is 4. The van der Waals surface area contributed by atoms with Crippen LogP contribution in [0.3, 0.4) is 0 Å². The Morgan fingerprint density at radius 1 is 0.974 bits per heavy atom. The van der Waals surface area contributed by atoms with Crippen LogP contribution >= 0.6 is 0 Å². The molecule has 2 aliphatic carbocycles. The Morgan fingerprint density at radius 2 is 1.71 bits per heavy atom. The van der Waals surface area contributed by atoms with Crippen LogP contribution in [0.1, 0.15) is 80.4 Å². The third-order valence-corrected chi connectivity index (χ3v) is 8.20. The van der Waals surface area contributed by atoms with E-state index >= 15 is 0 Å². The number of Topliss-reactive ketones (excluding diaryl/α,β-unsaturated/α-hetero) is 1. The van der Waals surface area contributed by atoms with Gasteiger partial charge in [-0.1, -0.05) is 37.0 Å². The Hall–Kier alpha value is -3.05. The number of aromatic nitrogens is 1. The van der Waals surface area contributed by atoms with Gasteiger partial charge in [-0.15, -0.1) is 0 Å². The van der Waals surface area contributed by atoms with Crippen molar-refractivity contribution < 1.29 is 9.59 Å². The van der Waals surface area contributed by atoms with Gasteiger partial charge in [0.2, 0.25) is 0 Å². The first-order chi connectivity index (χ1) is 18.1. The number of anilines is 1. The lowest BCUT2D eigenvalue weighted by molar-refractivity contribution is -0.117. The molecule has 0 spiro atoms. The van der Waals surface area contributed by atoms with Crippen LogP contribution in [0.2, 0.25) is 0 Å². The molecule has 0 bridgehead atoms. The highest BCUT2D eigenvalue weighted by atomic mass is 16.1. The van der Waals surface area contributed by atoms with Crippen LogP contribution in [-0.4, -0.2) is 48.6 Å². The number of carbonyl (C=O) groups excluding carboxylic acids is 2. The highest BCUT2D eigenvalue weighted by molar-refractivity contribution is 6.01. The van der Waals surface area contributed by atoms with Crippen molar-refractivity contribution in [2.24, 2.45) is 5.92 Å². The zero-order valence-corrected chi connectivity index (χ0v) is 24.0. The molecule has 1 aromatic carbocycles. The minimum Gasteiger partial charge on any atom is -0.371 e. The van der Waals surface area contributed by atoms with E-state index in [0.717, 1.165) is 51.3 Å². The summed E-state index contributed by atoms with van der Waals surface area (Å²) in [5.41, 5.74) is 8.00. The zero-order chi connectivity index (χ0) is 27.4. The average molecular weight is 514 g/mol. The van der Waals surface area contributed by atoms with Gasteiger partial charge >= 0.3 is 0 Å². The SMILES string of the molecule is CC1=CC(=O)C(CCC(=O)c2cc(-c3ccc(CN(C)C)nc3)cc(N(C)C3CCCCC3)c2C)C(C)=C1. The number of hydrogen-bond acceptors (Lipinski definition) is 5. The molecule has 202 valence electrons. The van der Waals surface area contributed by atoms with Gasteiger partial charge in [0, 0.05) is 55.0 Å². The number of benzene rings is 1. The second-order valence-electron chi connectivity index (χ2n) is 11.5. The Balaban J connectivity index is 1.65. The first-order valence-electron chi connectivity index (χ1n) is 14.0. The van der Waals surface area contributed by atoms with Crippen LogP contribution < -0.4 is 4.90 Å². The fourth-order valence-electron chi connectivity index (χ4n) is 6.03. The molecule has 5 heteroatoms. The van der Waals surface area contributed by atoms with Crippen molar-refractivity contribution in [3.05, 3.63) is 70.6 Å². The van der Waals surface area contributed by atoms with Crippen molar-refractivity contribution in [2.45, 2.75) is 78.3 Å². The van der Waals surface area contributed by atoms with Crippen LogP contribution in [0.5, 0.6) is 0 Å². The molecule has 0 saturated heterocycles. The van der Waals surface area contributed by atoms with Crippen molar-refractivity contribution >= 4 is 17.3 Å².